The summed E-state index contributed by atoms with van der Waals surface area (Å²) in [6.07, 6.45) is 20.3. The zero-order valence-corrected chi connectivity index (χ0v) is 20.7. The lowest BCUT2D eigenvalue weighted by Gasteiger charge is -2.58. The summed E-state index contributed by atoms with van der Waals surface area (Å²) >= 11 is 0. The van der Waals surface area contributed by atoms with Gasteiger partial charge in [0.2, 0.25) is 0 Å². The van der Waals surface area contributed by atoms with E-state index in [9.17, 15) is 4.79 Å². The molecule has 4 aliphatic rings. The summed E-state index contributed by atoms with van der Waals surface area (Å²) in [5.74, 6) is 1.86. The largest absolute Gasteiger partial charge is 0.366 e. The van der Waals surface area contributed by atoms with Crippen LogP contribution in [0.3, 0.4) is 0 Å². The molecule has 0 spiro atoms. The van der Waals surface area contributed by atoms with Crippen molar-refractivity contribution < 1.29 is 9.63 Å². The molecular weight excluding hydrogens is 434 g/mol. The normalized spacial score (nSPS) is 35.7. The maximum atomic E-state index is 12.3. The van der Waals surface area contributed by atoms with E-state index >= 15 is 0 Å². The van der Waals surface area contributed by atoms with Crippen LogP contribution in [0.2, 0.25) is 0 Å². The Morgan fingerprint density at radius 3 is 2.57 bits per heavy atom. The average molecular weight is 470 g/mol. The van der Waals surface area contributed by atoms with Gasteiger partial charge in [-0.05, 0) is 103 Å². The molecule has 0 bridgehead atoms. The minimum Gasteiger partial charge on any atom is -0.366 e. The van der Waals surface area contributed by atoms with Gasteiger partial charge in [-0.15, -0.1) is 5.48 Å². The van der Waals surface area contributed by atoms with E-state index in [2.05, 4.69) is 53.6 Å². The SMILES string of the molecule is C[C@]12CCC(NOC(=O)c3cccnc3)C=C1CC[C@@H]1[C@@H]2CC[C@]2(C)C(c3cccnc3)=CC[C@@H]12. The Morgan fingerprint density at radius 2 is 1.80 bits per heavy atom. The highest BCUT2D eigenvalue weighted by atomic mass is 16.7. The molecule has 35 heavy (non-hydrogen) atoms. The number of carbonyl (C=O) groups excluding carboxylic acids is 1. The van der Waals surface area contributed by atoms with Crippen molar-refractivity contribution >= 4 is 11.5 Å². The summed E-state index contributed by atoms with van der Waals surface area (Å²) in [4.78, 5) is 26.2. The first-order valence-corrected chi connectivity index (χ1v) is 13.2. The lowest BCUT2D eigenvalue weighted by molar-refractivity contribution is -0.0279. The average Bonchev–Trinajstić information content (AvgIpc) is 3.25. The van der Waals surface area contributed by atoms with Crippen LogP contribution in [0.5, 0.6) is 0 Å². The van der Waals surface area contributed by atoms with E-state index in [-0.39, 0.29) is 22.8 Å². The van der Waals surface area contributed by atoms with Crippen LogP contribution in [0.15, 0.2) is 66.8 Å². The van der Waals surface area contributed by atoms with E-state index in [0.717, 1.165) is 37.0 Å². The molecule has 5 nitrogen and oxygen atoms in total. The lowest BCUT2D eigenvalue weighted by atomic mass is 9.46. The summed E-state index contributed by atoms with van der Waals surface area (Å²) in [6, 6.07) is 7.85. The standard InChI is InChI=1S/C30H35N3O2/c1-29-13-11-23(33-35-28(34)21-6-4-16-32-19-21)17-22(29)7-8-24-26-10-9-25(20-5-3-15-31-18-20)30(26,2)14-12-27(24)29/h3-6,9,15-19,23-24,26-27,33H,7-8,10-14H2,1-2H3/t23?,24-,26-,27-,29-,30+/m0/s1. The number of fused-ring (bicyclic) bond motifs is 5. The molecule has 0 aliphatic heterocycles. The maximum Gasteiger partial charge on any atom is 0.358 e. The van der Waals surface area contributed by atoms with Gasteiger partial charge in [0.15, 0.2) is 0 Å². The third-order valence-electron chi connectivity index (χ3n) is 9.87. The molecule has 0 amide bonds. The predicted molar refractivity (Wildman–Crippen MR) is 136 cm³/mol. The zero-order valence-electron chi connectivity index (χ0n) is 20.7. The second-order valence-electron chi connectivity index (χ2n) is 11.5. The number of pyridine rings is 2. The Labute approximate surface area is 208 Å². The second kappa shape index (κ2) is 8.70. The first-order valence-electron chi connectivity index (χ1n) is 13.2. The summed E-state index contributed by atoms with van der Waals surface area (Å²) in [5, 5.41) is 0. The highest BCUT2D eigenvalue weighted by Gasteiger charge is 2.57. The minimum atomic E-state index is -0.377. The van der Waals surface area contributed by atoms with Crippen LogP contribution >= 0.6 is 0 Å². The van der Waals surface area contributed by atoms with Crippen LogP contribution in [0.1, 0.15) is 74.7 Å². The molecule has 0 radical (unpaired) electrons. The van der Waals surface area contributed by atoms with Crippen molar-refractivity contribution in [1.82, 2.24) is 15.4 Å². The molecule has 6 rings (SSSR count). The summed E-state index contributed by atoms with van der Waals surface area (Å²) in [5.41, 5.74) is 8.44. The van der Waals surface area contributed by atoms with Gasteiger partial charge in [-0.2, -0.15) is 0 Å². The van der Waals surface area contributed by atoms with Gasteiger partial charge in [0.05, 0.1) is 11.6 Å². The van der Waals surface area contributed by atoms with Gasteiger partial charge in [0, 0.05) is 24.8 Å². The number of hydroxylamine groups is 1. The molecule has 4 aliphatic carbocycles. The van der Waals surface area contributed by atoms with Crippen LogP contribution in [-0.2, 0) is 4.84 Å². The smallest absolute Gasteiger partial charge is 0.358 e. The molecule has 1 N–H and O–H groups in total. The minimum absolute atomic E-state index is 0.0782. The number of nitrogens with one attached hydrogen (secondary N) is 1. The Hall–Kier alpha value is -2.79. The van der Waals surface area contributed by atoms with Gasteiger partial charge >= 0.3 is 5.97 Å². The molecule has 2 heterocycles. The highest BCUT2D eigenvalue weighted by molar-refractivity contribution is 5.88. The van der Waals surface area contributed by atoms with Gasteiger partial charge < -0.3 is 4.84 Å². The third-order valence-corrected chi connectivity index (χ3v) is 9.87. The van der Waals surface area contributed by atoms with Crippen molar-refractivity contribution in [1.29, 1.82) is 0 Å². The number of carbonyl (C=O) groups is 1. The van der Waals surface area contributed by atoms with Crippen LogP contribution in [0.4, 0.5) is 0 Å². The van der Waals surface area contributed by atoms with E-state index in [1.165, 1.54) is 43.0 Å². The van der Waals surface area contributed by atoms with Crippen LogP contribution in [-0.4, -0.2) is 22.0 Å². The van der Waals surface area contributed by atoms with E-state index < -0.39 is 0 Å². The summed E-state index contributed by atoms with van der Waals surface area (Å²) in [7, 11) is 0. The first kappa shape index (κ1) is 22.7. The predicted octanol–water partition coefficient (Wildman–Crippen LogP) is 6.16. The van der Waals surface area contributed by atoms with Crippen LogP contribution in [0.25, 0.3) is 5.57 Å². The molecule has 2 saturated carbocycles. The highest BCUT2D eigenvalue weighted by Crippen LogP contribution is 2.66. The molecule has 0 aromatic carbocycles. The second-order valence-corrected chi connectivity index (χ2v) is 11.5. The fourth-order valence-electron chi connectivity index (χ4n) is 8.03. The van der Waals surface area contributed by atoms with Crippen molar-refractivity contribution in [3.63, 3.8) is 0 Å². The van der Waals surface area contributed by atoms with E-state index in [0.29, 0.717) is 5.56 Å². The van der Waals surface area contributed by atoms with Crippen molar-refractivity contribution in [2.75, 3.05) is 0 Å². The monoisotopic (exact) mass is 469 g/mol. The van der Waals surface area contributed by atoms with Crippen molar-refractivity contribution in [3.05, 3.63) is 77.9 Å². The molecule has 2 fully saturated rings. The molecule has 182 valence electrons. The first-order chi connectivity index (χ1) is 17.0. The Kier molecular flexibility index (Phi) is 5.63. The molecule has 2 aromatic heterocycles. The number of hydrogen-bond acceptors (Lipinski definition) is 5. The van der Waals surface area contributed by atoms with E-state index in [1.54, 1.807) is 23.9 Å². The number of hydrogen-bond donors (Lipinski definition) is 1. The van der Waals surface area contributed by atoms with Crippen LogP contribution in [0, 0.1) is 28.6 Å². The maximum absolute atomic E-state index is 12.3. The van der Waals surface area contributed by atoms with Crippen molar-refractivity contribution in [3.8, 4) is 0 Å². The quantitative estimate of drug-likeness (QED) is 0.429. The van der Waals surface area contributed by atoms with Crippen molar-refractivity contribution in [2.45, 2.75) is 64.8 Å². The van der Waals surface area contributed by atoms with E-state index in [1.807, 2.05) is 12.4 Å². The van der Waals surface area contributed by atoms with Gasteiger partial charge in [0.25, 0.3) is 0 Å². The van der Waals surface area contributed by atoms with Crippen LogP contribution < -0.4 is 5.48 Å². The van der Waals surface area contributed by atoms with Gasteiger partial charge in [-0.1, -0.05) is 37.6 Å². The van der Waals surface area contributed by atoms with Gasteiger partial charge in [0.1, 0.15) is 0 Å². The van der Waals surface area contributed by atoms with Crippen molar-refractivity contribution in [2.24, 2.45) is 28.6 Å². The molecule has 6 atom stereocenters. The Morgan fingerprint density at radius 1 is 1.00 bits per heavy atom. The summed E-state index contributed by atoms with van der Waals surface area (Å²) < 4.78 is 0. The van der Waals surface area contributed by atoms with Gasteiger partial charge in [-0.3, -0.25) is 9.97 Å². The molecular formula is C30H35N3O2. The molecule has 2 aromatic rings. The molecule has 0 saturated heterocycles. The van der Waals surface area contributed by atoms with E-state index in [4.69, 9.17) is 4.84 Å². The fourth-order valence-corrected chi connectivity index (χ4v) is 8.03. The third kappa shape index (κ3) is 3.76. The Balaban J connectivity index is 1.16. The Bertz CT molecular complexity index is 1160. The number of allylic oxidation sites excluding steroid dienone is 3. The number of aromatic nitrogens is 2. The number of rotatable bonds is 4. The topological polar surface area (TPSA) is 64.1 Å². The lowest BCUT2D eigenvalue weighted by Crippen LogP contribution is -2.51. The molecule has 1 unspecified atom stereocenters. The fraction of sp³-hybridized carbons (Fsp3) is 0.500. The zero-order chi connectivity index (χ0) is 24.0. The van der Waals surface area contributed by atoms with Gasteiger partial charge in [-0.25, -0.2) is 4.79 Å². The summed E-state index contributed by atoms with van der Waals surface area (Å²) in [6.45, 7) is 5.03. The molecule has 5 heteroatoms. The number of nitrogens with zero attached hydrogens (tertiary/aromatic N) is 2.